The number of amidine groups is 1. The van der Waals surface area contributed by atoms with E-state index in [-0.39, 0.29) is 0 Å². The molecule has 0 amide bonds. The van der Waals surface area contributed by atoms with Crippen LogP contribution in [0.4, 0.5) is 17.1 Å². The van der Waals surface area contributed by atoms with Crippen LogP contribution in [0.15, 0.2) is 126 Å². The first-order valence-corrected chi connectivity index (χ1v) is 11.7. The van der Waals surface area contributed by atoms with Crippen molar-refractivity contribution in [3.05, 3.63) is 127 Å². The van der Waals surface area contributed by atoms with E-state index >= 15 is 0 Å². The predicted molar refractivity (Wildman–Crippen MR) is 143 cm³/mol. The standard InChI is InChI=1S/C27H23N3S2/c31-26(28-23-15-7-2-8-16-23)29-27(32-21-22-13-5-1-6-14-22)30(24-17-9-3-10-18-24)25-19-11-4-12-20-25/h1-20H,21H2,(H,28,31)/b29-27-. The number of nitrogens with one attached hydrogen (secondary N) is 1. The molecular weight excluding hydrogens is 430 g/mol. The van der Waals surface area contributed by atoms with Gasteiger partial charge in [-0.3, -0.25) is 4.90 Å². The van der Waals surface area contributed by atoms with Gasteiger partial charge in [-0.1, -0.05) is 96.7 Å². The molecule has 0 unspecified atom stereocenters. The highest BCUT2D eigenvalue weighted by Gasteiger charge is 2.18. The molecule has 0 spiro atoms. The highest BCUT2D eigenvalue weighted by atomic mass is 32.2. The maximum absolute atomic E-state index is 5.62. The molecule has 0 atom stereocenters. The van der Waals surface area contributed by atoms with Crippen LogP contribution in [-0.4, -0.2) is 10.3 Å². The lowest BCUT2D eigenvalue weighted by Crippen LogP contribution is -2.25. The van der Waals surface area contributed by atoms with Crippen molar-refractivity contribution in [3.8, 4) is 0 Å². The van der Waals surface area contributed by atoms with Crippen molar-refractivity contribution < 1.29 is 0 Å². The molecule has 1 N–H and O–H groups in total. The zero-order valence-electron chi connectivity index (χ0n) is 17.5. The SMILES string of the molecule is S=C(/N=C(\SCc1ccccc1)N(c1ccccc1)c1ccccc1)Nc1ccccc1. The van der Waals surface area contributed by atoms with Gasteiger partial charge in [-0.2, -0.15) is 4.99 Å². The van der Waals surface area contributed by atoms with Gasteiger partial charge in [-0.15, -0.1) is 0 Å². The second-order valence-corrected chi connectivity index (χ2v) is 8.30. The molecule has 0 aromatic heterocycles. The minimum atomic E-state index is 0.420. The van der Waals surface area contributed by atoms with Crippen molar-refractivity contribution in [3.63, 3.8) is 0 Å². The molecule has 0 bridgehead atoms. The Morgan fingerprint density at radius 2 is 1.16 bits per heavy atom. The Bertz CT molecular complexity index is 1110. The van der Waals surface area contributed by atoms with Crippen molar-refractivity contribution in [2.24, 2.45) is 4.99 Å². The van der Waals surface area contributed by atoms with E-state index in [9.17, 15) is 0 Å². The fourth-order valence-corrected chi connectivity index (χ4v) is 4.40. The number of thiocarbonyl (C=S) groups is 1. The maximum Gasteiger partial charge on any atom is 0.199 e. The summed E-state index contributed by atoms with van der Waals surface area (Å²) in [6.45, 7) is 0. The smallest absolute Gasteiger partial charge is 0.199 e. The first-order valence-electron chi connectivity index (χ1n) is 10.3. The molecule has 4 rings (SSSR count). The Morgan fingerprint density at radius 3 is 1.69 bits per heavy atom. The summed E-state index contributed by atoms with van der Waals surface area (Å²) in [6.07, 6.45) is 0. The van der Waals surface area contributed by atoms with E-state index in [1.807, 2.05) is 72.8 Å². The molecule has 4 aromatic rings. The van der Waals surface area contributed by atoms with Crippen LogP contribution in [0.3, 0.4) is 0 Å². The summed E-state index contributed by atoms with van der Waals surface area (Å²) < 4.78 is 0. The maximum atomic E-state index is 5.62. The van der Waals surface area contributed by atoms with Crippen molar-refractivity contribution in [1.82, 2.24) is 0 Å². The van der Waals surface area contributed by atoms with Crippen LogP contribution < -0.4 is 10.2 Å². The number of para-hydroxylation sites is 3. The number of rotatable bonds is 5. The van der Waals surface area contributed by atoms with Gasteiger partial charge in [0.1, 0.15) is 0 Å². The van der Waals surface area contributed by atoms with E-state index in [0.717, 1.165) is 28.0 Å². The first kappa shape index (κ1) is 21.8. The van der Waals surface area contributed by atoms with Gasteiger partial charge in [-0.25, -0.2) is 0 Å². The second kappa shape index (κ2) is 11.3. The molecule has 158 valence electrons. The van der Waals surface area contributed by atoms with Crippen LogP contribution in [0.1, 0.15) is 5.56 Å². The van der Waals surface area contributed by atoms with Crippen LogP contribution in [0.5, 0.6) is 0 Å². The fourth-order valence-electron chi connectivity index (χ4n) is 3.15. The Labute approximate surface area is 198 Å². The minimum absolute atomic E-state index is 0.420. The van der Waals surface area contributed by atoms with Crippen LogP contribution >= 0.6 is 24.0 Å². The Morgan fingerprint density at radius 1 is 0.688 bits per heavy atom. The van der Waals surface area contributed by atoms with Crippen LogP contribution in [0.2, 0.25) is 0 Å². The molecule has 0 aliphatic heterocycles. The lowest BCUT2D eigenvalue weighted by molar-refractivity contribution is 1.35. The van der Waals surface area contributed by atoms with E-state index in [2.05, 4.69) is 58.7 Å². The molecule has 0 heterocycles. The Kier molecular flexibility index (Phi) is 7.69. The summed E-state index contributed by atoms with van der Waals surface area (Å²) in [5.74, 6) is 0.782. The van der Waals surface area contributed by atoms with E-state index < -0.39 is 0 Å². The highest BCUT2D eigenvalue weighted by Crippen LogP contribution is 2.30. The second-order valence-electron chi connectivity index (χ2n) is 6.97. The molecule has 0 aliphatic carbocycles. The third-order valence-electron chi connectivity index (χ3n) is 4.65. The van der Waals surface area contributed by atoms with Crippen molar-refractivity contribution in [2.75, 3.05) is 10.2 Å². The topological polar surface area (TPSA) is 27.6 Å². The molecule has 5 heteroatoms. The number of hydrogen-bond donors (Lipinski definition) is 1. The van der Waals surface area contributed by atoms with Gasteiger partial charge in [0.05, 0.1) is 0 Å². The fraction of sp³-hybridized carbons (Fsp3) is 0.0370. The van der Waals surface area contributed by atoms with Crippen molar-refractivity contribution >= 4 is 51.3 Å². The Balaban J connectivity index is 1.70. The van der Waals surface area contributed by atoms with E-state index in [1.54, 1.807) is 11.8 Å². The summed E-state index contributed by atoms with van der Waals surface area (Å²) in [5.41, 5.74) is 4.20. The minimum Gasteiger partial charge on any atom is -0.331 e. The lowest BCUT2D eigenvalue weighted by atomic mass is 10.2. The number of thioether (sulfide) groups is 1. The molecule has 0 aliphatic rings. The number of nitrogens with zero attached hydrogens (tertiary/aromatic N) is 2. The highest BCUT2D eigenvalue weighted by molar-refractivity contribution is 8.13. The normalized spacial score (nSPS) is 11.1. The summed E-state index contributed by atoms with van der Waals surface area (Å²) >= 11 is 7.28. The molecule has 0 saturated heterocycles. The van der Waals surface area contributed by atoms with Gasteiger partial charge in [0.15, 0.2) is 10.3 Å². The van der Waals surface area contributed by atoms with Crippen LogP contribution in [-0.2, 0) is 5.75 Å². The summed E-state index contributed by atoms with van der Waals surface area (Å²) in [6, 6.07) is 40.8. The predicted octanol–water partition coefficient (Wildman–Crippen LogP) is 7.51. The van der Waals surface area contributed by atoms with Crippen LogP contribution in [0, 0.1) is 0 Å². The zero-order chi connectivity index (χ0) is 22.0. The molecule has 0 fully saturated rings. The monoisotopic (exact) mass is 453 g/mol. The Hall–Kier alpha value is -3.41. The van der Waals surface area contributed by atoms with Gasteiger partial charge < -0.3 is 5.32 Å². The largest absolute Gasteiger partial charge is 0.331 e. The zero-order valence-corrected chi connectivity index (χ0v) is 19.1. The lowest BCUT2D eigenvalue weighted by Gasteiger charge is -2.26. The average Bonchev–Trinajstić information content (AvgIpc) is 2.85. The number of aliphatic imine (C=N–C) groups is 1. The van der Waals surface area contributed by atoms with E-state index in [0.29, 0.717) is 5.11 Å². The number of hydrogen-bond acceptors (Lipinski definition) is 2. The van der Waals surface area contributed by atoms with Gasteiger partial charge in [0, 0.05) is 22.8 Å². The van der Waals surface area contributed by atoms with Gasteiger partial charge in [0.2, 0.25) is 0 Å². The quantitative estimate of drug-likeness (QED) is 0.192. The van der Waals surface area contributed by atoms with Crippen molar-refractivity contribution in [2.45, 2.75) is 5.75 Å². The van der Waals surface area contributed by atoms with Gasteiger partial charge in [0.25, 0.3) is 0 Å². The van der Waals surface area contributed by atoms with E-state index in [1.165, 1.54) is 5.56 Å². The number of benzene rings is 4. The third-order valence-corrected chi connectivity index (χ3v) is 5.86. The molecule has 0 saturated carbocycles. The molecular formula is C27H23N3S2. The van der Waals surface area contributed by atoms with Gasteiger partial charge >= 0.3 is 0 Å². The van der Waals surface area contributed by atoms with Gasteiger partial charge in [-0.05, 0) is 54.2 Å². The molecule has 32 heavy (non-hydrogen) atoms. The molecule has 0 radical (unpaired) electrons. The van der Waals surface area contributed by atoms with E-state index in [4.69, 9.17) is 17.2 Å². The van der Waals surface area contributed by atoms with Crippen molar-refractivity contribution in [1.29, 1.82) is 0 Å². The number of anilines is 3. The summed E-state index contributed by atoms with van der Waals surface area (Å²) in [7, 11) is 0. The molecule has 4 aromatic carbocycles. The third kappa shape index (κ3) is 6.06. The summed E-state index contributed by atoms with van der Waals surface area (Å²) in [4.78, 5) is 7.01. The van der Waals surface area contributed by atoms with Crippen LogP contribution in [0.25, 0.3) is 0 Å². The summed E-state index contributed by atoms with van der Waals surface area (Å²) in [5, 5.41) is 4.46. The first-order chi connectivity index (χ1) is 15.8. The average molecular weight is 454 g/mol. The molecule has 3 nitrogen and oxygen atoms in total.